The molecule has 1 saturated carbocycles. The van der Waals surface area contributed by atoms with Gasteiger partial charge in [-0.05, 0) is 25.8 Å². The molecule has 1 aliphatic carbocycles. The molecule has 17 heavy (non-hydrogen) atoms. The van der Waals surface area contributed by atoms with Crippen LogP contribution < -0.4 is 21.3 Å². The molecule has 0 radical (unpaired) electrons. The fourth-order valence-corrected chi connectivity index (χ4v) is 3.62. The van der Waals surface area contributed by atoms with Gasteiger partial charge in [-0.3, -0.25) is 16.0 Å². The van der Waals surface area contributed by atoms with Crippen molar-refractivity contribution in [3.63, 3.8) is 0 Å². The normalized spacial score (nSPS) is 40.4. The van der Waals surface area contributed by atoms with E-state index in [4.69, 9.17) is 0 Å². The number of aliphatic hydroxyl groups excluding tert-OH is 1. The molecule has 0 aromatic rings. The van der Waals surface area contributed by atoms with E-state index >= 15 is 0 Å². The van der Waals surface area contributed by atoms with Crippen molar-refractivity contribution in [2.45, 2.75) is 50.0 Å². The molecule has 3 fully saturated rings. The van der Waals surface area contributed by atoms with Gasteiger partial charge < -0.3 is 10.4 Å². The van der Waals surface area contributed by atoms with Crippen LogP contribution in [-0.4, -0.2) is 42.8 Å². The third-order valence-electron chi connectivity index (χ3n) is 4.67. The molecule has 5 heteroatoms. The molecule has 3 aliphatic rings. The van der Waals surface area contributed by atoms with Gasteiger partial charge in [0.1, 0.15) is 0 Å². The molecule has 0 aromatic heterocycles. The zero-order valence-corrected chi connectivity index (χ0v) is 10.3. The van der Waals surface area contributed by atoms with Crippen molar-refractivity contribution >= 4 is 0 Å². The van der Waals surface area contributed by atoms with E-state index in [0.29, 0.717) is 18.2 Å². The first-order valence-corrected chi connectivity index (χ1v) is 6.92. The van der Waals surface area contributed by atoms with Gasteiger partial charge in [0.05, 0.1) is 18.9 Å². The van der Waals surface area contributed by atoms with Gasteiger partial charge in [-0.15, -0.1) is 0 Å². The first-order valence-electron chi connectivity index (χ1n) is 6.92. The highest BCUT2D eigenvalue weighted by Crippen LogP contribution is 2.31. The lowest BCUT2D eigenvalue weighted by Gasteiger charge is -2.41. The zero-order valence-electron chi connectivity index (χ0n) is 10.3. The lowest BCUT2D eigenvalue weighted by Crippen LogP contribution is -2.67. The van der Waals surface area contributed by atoms with Gasteiger partial charge >= 0.3 is 0 Å². The predicted octanol–water partition coefficient (Wildman–Crippen LogP) is -0.707. The highest BCUT2D eigenvalue weighted by Gasteiger charge is 2.41. The van der Waals surface area contributed by atoms with Gasteiger partial charge in [-0.25, -0.2) is 0 Å². The van der Waals surface area contributed by atoms with Crippen molar-refractivity contribution in [2.75, 3.05) is 19.8 Å². The van der Waals surface area contributed by atoms with Gasteiger partial charge in [0, 0.05) is 18.1 Å². The first-order chi connectivity index (χ1) is 8.33. The average molecular weight is 240 g/mol. The smallest absolute Gasteiger partial charge is 0.0644 e. The summed E-state index contributed by atoms with van der Waals surface area (Å²) in [4.78, 5) is 0. The second-order valence-electron chi connectivity index (χ2n) is 5.74. The molecular weight excluding hydrogens is 216 g/mol. The van der Waals surface area contributed by atoms with Crippen LogP contribution in [-0.2, 0) is 0 Å². The number of nitrogens with one attached hydrogen (secondary N) is 4. The van der Waals surface area contributed by atoms with Crippen LogP contribution in [0.15, 0.2) is 0 Å². The summed E-state index contributed by atoms with van der Waals surface area (Å²) in [5.41, 5.74) is -0.0256. The summed E-state index contributed by atoms with van der Waals surface area (Å²) in [6.45, 7) is 2.20. The Hall–Kier alpha value is -0.200. The van der Waals surface area contributed by atoms with Crippen molar-refractivity contribution in [1.82, 2.24) is 21.3 Å². The van der Waals surface area contributed by atoms with Gasteiger partial charge in [0.15, 0.2) is 0 Å². The Bertz CT molecular complexity index is 267. The van der Waals surface area contributed by atoms with Crippen molar-refractivity contribution in [3.05, 3.63) is 0 Å². The number of hydrogen-bond acceptors (Lipinski definition) is 5. The fourth-order valence-electron chi connectivity index (χ4n) is 3.62. The van der Waals surface area contributed by atoms with Crippen LogP contribution in [0.3, 0.4) is 0 Å². The molecule has 0 amide bonds. The second-order valence-corrected chi connectivity index (χ2v) is 5.74. The van der Waals surface area contributed by atoms with E-state index in [0.717, 1.165) is 26.1 Å². The lowest BCUT2D eigenvalue weighted by molar-refractivity contribution is 0.102. The minimum absolute atomic E-state index is 0.0256. The van der Waals surface area contributed by atoms with E-state index in [-0.39, 0.29) is 12.1 Å². The van der Waals surface area contributed by atoms with E-state index in [2.05, 4.69) is 21.3 Å². The molecular formula is C12H24N4O. The topological polar surface area (TPSA) is 68.3 Å². The molecule has 2 aliphatic heterocycles. The van der Waals surface area contributed by atoms with Crippen molar-refractivity contribution < 1.29 is 5.11 Å². The Kier molecular flexibility index (Phi) is 3.36. The van der Waals surface area contributed by atoms with Gasteiger partial charge in [-0.2, -0.15) is 0 Å². The number of hydrogen-bond donors (Lipinski definition) is 5. The Morgan fingerprint density at radius 2 is 2.00 bits per heavy atom. The van der Waals surface area contributed by atoms with Crippen molar-refractivity contribution in [3.8, 4) is 0 Å². The molecule has 0 aromatic carbocycles. The number of fused-ring (bicyclic) bond motifs is 1. The van der Waals surface area contributed by atoms with Crippen molar-refractivity contribution in [2.24, 2.45) is 5.92 Å². The Morgan fingerprint density at radius 1 is 1.18 bits per heavy atom. The van der Waals surface area contributed by atoms with E-state index in [1.807, 2.05) is 0 Å². The van der Waals surface area contributed by atoms with E-state index < -0.39 is 0 Å². The van der Waals surface area contributed by atoms with Crippen LogP contribution in [0.5, 0.6) is 0 Å². The Labute approximate surface area is 103 Å². The highest BCUT2D eigenvalue weighted by molar-refractivity contribution is 4.99. The molecule has 0 spiro atoms. The summed E-state index contributed by atoms with van der Waals surface area (Å²) in [6, 6.07) is 0. The van der Waals surface area contributed by atoms with E-state index in [1.165, 1.54) is 19.3 Å². The minimum Gasteiger partial charge on any atom is -0.394 e. The highest BCUT2D eigenvalue weighted by atomic mass is 16.3. The molecule has 0 bridgehead atoms. The monoisotopic (exact) mass is 240 g/mol. The number of aliphatic hydroxyl groups is 1. The maximum atomic E-state index is 9.67. The lowest BCUT2D eigenvalue weighted by atomic mass is 9.93. The molecule has 3 unspecified atom stereocenters. The first kappa shape index (κ1) is 11.9. The van der Waals surface area contributed by atoms with Crippen LogP contribution >= 0.6 is 0 Å². The standard InChI is InChI=1S/C12H24N4O/c17-7-12(4-1-2-5-12)16-11-9-3-6-13-10(9)14-8-15-11/h9-11,13-17H,1-8H2. The third-order valence-corrected chi connectivity index (χ3v) is 4.67. The largest absolute Gasteiger partial charge is 0.394 e. The van der Waals surface area contributed by atoms with Crippen LogP contribution in [0.4, 0.5) is 0 Å². The molecule has 2 saturated heterocycles. The SMILES string of the molecule is OCC1(NC2NCNC3NCCC32)CCCC1. The third kappa shape index (κ3) is 2.22. The molecule has 98 valence electrons. The molecule has 3 rings (SSSR count). The maximum absolute atomic E-state index is 9.67. The van der Waals surface area contributed by atoms with Crippen LogP contribution in [0, 0.1) is 5.92 Å². The number of rotatable bonds is 3. The predicted molar refractivity (Wildman–Crippen MR) is 66.2 cm³/mol. The molecule has 2 heterocycles. The molecule has 5 nitrogen and oxygen atoms in total. The quantitative estimate of drug-likeness (QED) is 0.451. The second kappa shape index (κ2) is 4.82. The summed E-state index contributed by atoms with van der Waals surface area (Å²) >= 11 is 0. The van der Waals surface area contributed by atoms with Crippen molar-refractivity contribution in [1.29, 1.82) is 0 Å². The van der Waals surface area contributed by atoms with E-state index in [9.17, 15) is 5.11 Å². The summed E-state index contributed by atoms with van der Waals surface area (Å²) in [7, 11) is 0. The van der Waals surface area contributed by atoms with Gasteiger partial charge in [0.25, 0.3) is 0 Å². The average Bonchev–Trinajstić information content (AvgIpc) is 2.98. The summed E-state index contributed by atoms with van der Waals surface area (Å²) in [5, 5.41) is 23.8. The molecule has 3 atom stereocenters. The maximum Gasteiger partial charge on any atom is 0.0644 e. The summed E-state index contributed by atoms with van der Waals surface area (Å²) < 4.78 is 0. The zero-order chi connectivity index (χ0) is 11.7. The van der Waals surface area contributed by atoms with Crippen LogP contribution in [0.1, 0.15) is 32.1 Å². The summed E-state index contributed by atoms with van der Waals surface area (Å²) in [6.07, 6.45) is 6.67. The Morgan fingerprint density at radius 3 is 2.76 bits per heavy atom. The summed E-state index contributed by atoms with van der Waals surface area (Å²) in [5.74, 6) is 0.591. The van der Waals surface area contributed by atoms with Gasteiger partial charge in [0.2, 0.25) is 0 Å². The van der Waals surface area contributed by atoms with E-state index in [1.54, 1.807) is 0 Å². The van der Waals surface area contributed by atoms with Crippen LogP contribution in [0.2, 0.25) is 0 Å². The fraction of sp³-hybridized carbons (Fsp3) is 1.00. The Balaban J connectivity index is 1.66. The molecule has 5 N–H and O–H groups in total. The van der Waals surface area contributed by atoms with Gasteiger partial charge in [-0.1, -0.05) is 12.8 Å². The minimum atomic E-state index is -0.0256. The van der Waals surface area contributed by atoms with Crippen LogP contribution in [0.25, 0.3) is 0 Å².